The average molecular weight is 233 g/mol. The van der Waals surface area contributed by atoms with Crippen molar-refractivity contribution in [3.8, 4) is 0 Å². The van der Waals surface area contributed by atoms with Crippen LogP contribution in [-0.4, -0.2) is 35.2 Å². The Morgan fingerprint density at radius 2 is 2.00 bits per heavy atom. The number of aliphatic hydroxyl groups is 1. The van der Waals surface area contributed by atoms with E-state index < -0.39 is 0 Å². The van der Waals surface area contributed by atoms with Gasteiger partial charge in [-0.25, -0.2) is 0 Å². The Bertz CT molecular complexity index is 185. The molecule has 0 aliphatic carbocycles. The van der Waals surface area contributed by atoms with Crippen LogP contribution in [-0.2, 0) is 4.79 Å². The SMILES string of the molecule is CSC(C)CC(=O)NCC(C)CC(C)O. The van der Waals surface area contributed by atoms with Crippen molar-refractivity contribution in [2.45, 2.75) is 45.0 Å². The molecule has 0 rings (SSSR count). The van der Waals surface area contributed by atoms with Gasteiger partial charge in [0.15, 0.2) is 0 Å². The zero-order valence-electron chi connectivity index (χ0n) is 10.1. The van der Waals surface area contributed by atoms with Crippen molar-refractivity contribution in [1.82, 2.24) is 5.32 Å². The molecule has 4 heteroatoms. The van der Waals surface area contributed by atoms with Gasteiger partial charge in [-0.2, -0.15) is 11.8 Å². The minimum Gasteiger partial charge on any atom is -0.393 e. The molecule has 0 spiro atoms. The van der Waals surface area contributed by atoms with E-state index in [1.165, 1.54) is 0 Å². The Kier molecular flexibility index (Phi) is 7.88. The highest BCUT2D eigenvalue weighted by molar-refractivity contribution is 7.99. The molecule has 0 aromatic heterocycles. The van der Waals surface area contributed by atoms with E-state index in [4.69, 9.17) is 5.11 Å². The summed E-state index contributed by atoms with van der Waals surface area (Å²) in [6.45, 7) is 6.51. The summed E-state index contributed by atoms with van der Waals surface area (Å²) in [5.41, 5.74) is 0. The summed E-state index contributed by atoms with van der Waals surface area (Å²) >= 11 is 1.70. The van der Waals surface area contributed by atoms with E-state index in [2.05, 4.69) is 5.32 Å². The molecule has 1 amide bonds. The highest BCUT2D eigenvalue weighted by Gasteiger charge is 2.10. The van der Waals surface area contributed by atoms with Crippen molar-refractivity contribution in [1.29, 1.82) is 0 Å². The van der Waals surface area contributed by atoms with Crippen molar-refractivity contribution >= 4 is 17.7 Å². The maximum Gasteiger partial charge on any atom is 0.221 e. The Morgan fingerprint density at radius 3 is 2.47 bits per heavy atom. The van der Waals surface area contributed by atoms with Crippen LogP contribution < -0.4 is 5.32 Å². The molecule has 0 heterocycles. The van der Waals surface area contributed by atoms with E-state index in [1.54, 1.807) is 18.7 Å². The predicted octanol–water partition coefficient (Wildman–Crippen LogP) is 1.65. The summed E-state index contributed by atoms with van der Waals surface area (Å²) in [7, 11) is 0. The molecule has 0 bridgehead atoms. The standard InChI is InChI=1S/C11H23NO2S/c1-8(5-9(2)13)7-12-11(14)6-10(3)15-4/h8-10,13H,5-7H2,1-4H3,(H,12,14). The molecule has 15 heavy (non-hydrogen) atoms. The van der Waals surface area contributed by atoms with Crippen LogP contribution >= 0.6 is 11.8 Å². The number of hydrogen-bond acceptors (Lipinski definition) is 3. The fourth-order valence-electron chi connectivity index (χ4n) is 1.37. The average Bonchev–Trinajstić information content (AvgIpc) is 2.13. The molecule has 90 valence electrons. The number of nitrogens with one attached hydrogen (secondary N) is 1. The Hall–Kier alpha value is -0.220. The minimum absolute atomic E-state index is 0.106. The van der Waals surface area contributed by atoms with Crippen LogP contribution in [0, 0.1) is 5.92 Å². The van der Waals surface area contributed by atoms with Crippen LogP contribution in [0.5, 0.6) is 0 Å². The maximum atomic E-state index is 11.4. The summed E-state index contributed by atoms with van der Waals surface area (Å²) in [4.78, 5) is 11.4. The zero-order chi connectivity index (χ0) is 11.8. The first-order valence-electron chi connectivity index (χ1n) is 5.43. The number of carbonyl (C=O) groups is 1. The number of carbonyl (C=O) groups excluding carboxylic acids is 1. The van der Waals surface area contributed by atoms with E-state index >= 15 is 0 Å². The monoisotopic (exact) mass is 233 g/mol. The lowest BCUT2D eigenvalue weighted by molar-refractivity contribution is -0.121. The topological polar surface area (TPSA) is 49.3 Å². The fourth-order valence-corrected chi connectivity index (χ4v) is 1.69. The molecule has 0 aromatic rings. The fraction of sp³-hybridized carbons (Fsp3) is 0.909. The normalized spacial score (nSPS) is 16.9. The summed E-state index contributed by atoms with van der Waals surface area (Å²) in [5.74, 6) is 0.438. The first kappa shape index (κ1) is 14.8. The molecule has 0 fully saturated rings. The lowest BCUT2D eigenvalue weighted by atomic mass is 10.0. The smallest absolute Gasteiger partial charge is 0.221 e. The molecule has 0 saturated heterocycles. The molecule has 0 radical (unpaired) electrons. The highest BCUT2D eigenvalue weighted by Crippen LogP contribution is 2.09. The van der Waals surface area contributed by atoms with E-state index in [0.29, 0.717) is 24.1 Å². The number of aliphatic hydroxyl groups excluding tert-OH is 1. The summed E-state index contributed by atoms with van der Waals surface area (Å²) < 4.78 is 0. The van der Waals surface area contributed by atoms with Gasteiger partial charge in [-0.3, -0.25) is 4.79 Å². The third kappa shape index (κ3) is 8.75. The number of hydrogen-bond donors (Lipinski definition) is 2. The largest absolute Gasteiger partial charge is 0.393 e. The second-order valence-corrected chi connectivity index (χ2v) is 5.52. The molecule has 0 saturated carbocycles. The number of amides is 1. The quantitative estimate of drug-likeness (QED) is 0.703. The highest BCUT2D eigenvalue weighted by atomic mass is 32.2. The summed E-state index contributed by atoms with van der Waals surface area (Å²) in [5, 5.41) is 12.4. The van der Waals surface area contributed by atoms with Crippen molar-refractivity contribution in [2.24, 2.45) is 5.92 Å². The lowest BCUT2D eigenvalue weighted by Crippen LogP contribution is -2.30. The van der Waals surface area contributed by atoms with Crippen molar-refractivity contribution < 1.29 is 9.90 Å². The van der Waals surface area contributed by atoms with Crippen LogP contribution in [0.25, 0.3) is 0 Å². The van der Waals surface area contributed by atoms with Gasteiger partial charge in [0.05, 0.1) is 6.10 Å². The predicted molar refractivity (Wildman–Crippen MR) is 66.1 cm³/mol. The van der Waals surface area contributed by atoms with Gasteiger partial charge in [0.1, 0.15) is 0 Å². The van der Waals surface area contributed by atoms with Gasteiger partial charge in [0.25, 0.3) is 0 Å². The van der Waals surface area contributed by atoms with Crippen molar-refractivity contribution in [3.63, 3.8) is 0 Å². The van der Waals surface area contributed by atoms with Gasteiger partial charge in [-0.1, -0.05) is 13.8 Å². The Labute approximate surface area is 97.0 Å². The third-order valence-corrected chi connectivity index (χ3v) is 3.24. The minimum atomic E-state index is -0.290. The van der Waals surface area contributed by atoms with Gasteiger partial charge in [0, 0.05) is 18.2 Å². The molecule has 3 unspecified atom stereocenters. The molecular formula is C11H23NO2S. The lowest BCUT2D eigenvalue weighted by Gasteiger charge is -2.15. The van der Waals surface area contributed by atoms with Crippen LogP contribution in [0.4, 0.5) is 0 Å². The molecule has 0 aliphatic rings. The Morgan fingerprint density at radius 1 is 1.40 bits per heavy atom. The van der Waals surface area contributed by atoms with E-state index in [0.717, 1.165) is 6.42 Å². The molecule has 3 atom stereocenters. The van der Waals surface area contributed by atoms with E-state index in [9.17, 15) is 4.79 Å². The van der Waals surface area contributed by atoms with Crippen LogP contribution in [0.15, 0.2) is 0 Å². The van der Waals surface area contributed by atoms with Crippen LogP contribution in [0.3, 0.4) is 0 Å². The van der Waals surface area contributed by atoms with Gasteiger partial charge in [-0.05, 0) is 25.5 Å². The molecule has 2 N–H and O–H groups in total. The van der Waals surface area contributed by atoms with E-state index in [1.807, 2.05) is 20.1 Å². The molecule has 0 aliphatic heterocycles. The molecule has 3 nitrogen and oxygen atoms in total. The summed E-state index contributed by atoms with van der Waals surface area (Å²) in [6.07, 6.45) is 3.02. The third-order valence-electron chi connectivity index (χ3n) is 2.27. The van der Waals surface area contributed by atoms with Crippen molar-refractivity contribution in [3.05, 3.63) is 0 Å². The van der Waals surface area contributed by atoms with Crippen LogP contribution in [0.2, 0.25) is 0 Å². The zero-order valence-corrected chi connectivity index (χ0v) is 10.9. The Balaban J connectivity index is 3.61. The second kappa shape index (κ2) is 7.99. The number of rotatable bonds is 7. The van der Waals surface area contributed by atoms with Gasteiger partial charge in [0.2, 0.25) is 5.91 Å². The first-order valence-corrected chi connectivity index (χ1v) is 6.72. The van der Waals surface area contributed by atoms with Gasteiger partial charge >= 0.3 is 0 Å². The molecular weight excluding hydrogens is 210 g/mol. The number of thioether (sulfide) groups is 1. The van der Waals surface area contributed by atoms with Crippen molar-refractivity contribution in [2.75, 3.05) is 12.8 Å². The van der Waals surface area contributed by atoms with Gasteiger partial charge < -0.3 is 10.4 Å². The molecule has 0 aromatic carbocycles. The second-order valence-electron chi connectivity index (χ2n) is 4.24. The van der Waals surface area contributed by atoms with E-state index in [-0.39, 0.29) is 12.0 Å². The van der Waals surface area contributed by atoms with Crippen LogP contribution in [0.1, 0.15) is 33.6 Å². The van der Waals surface area contributed by atoms with Gasteiger partial charge in [-0.15, -0.1) is 0 Å². The first-order chi connectivity index (χ1) is 6.95. The summed E-state index contributed by atoms with van der Waals surface area (Å²) in [6, 6.07) is 0. The maximum absolute atomic E-state index is 11.4.